The third-order valence-corrected chi connectivity index (χ3v) is 2.51. The molecule has 0 aliphatic rings. The van der Waals surface area contributed by atoms with Gasteiger partial charge in [-0.15, -0.1) is 6.58 Å². The van der Waals surface area contributed by atoms with Gasteiger partial charge in [0, 0.05) is 6.54 Å². The maximum atomic E-state index is 12.2. The Morgan fingerprint density at radius 2 is 2.10 bits per heavy atom. The summed E-state index contributed by atoms with van der Waals surface area (Å²) in [5, 5.41) is 19.1. The Labute approximate surface area is 116 Å². The van der Waals surface area contributed by atoms with Crippen LogP contribution in [-0.4, -0.2) is 46.7 Å². The Morgan fingerprint density at radius 3 is 2.70 bits per heavy atom. The zero-order valence-electron chi connectivity index (χ0n) is 11.2. The highest BCUT2D eigenvalue weighted by Crippen LogP contribution is 2.29. The van der Waals surface area contributed by atoms with Crippen LogP contribution in [0, 0.1) is 0 Å². The van der Waals surface area contributed by atoms with E-state index in [9.17, 15) is 19.8 Å². The number of phenolic OH excluding ortho intramolecular Hbond substituents is 2. The lowest BCUT2D eigenvalue weighted by Crippen LogP contribution is -2.36. The summed E-state index contributed by atoms with van der Waals surface area (Å²) in [6.07, 6.45) is 1.46. The van der Waals surface area contributed by atoms with Gasteiger partial charge in [-0.2, -0.15) is 0 Å². The van der Waals surface area contributed by atoms with Gasteiger partial charge in [0.25, 0.3) is 5.91 Å². The van der Waals surface area contributed by atoms with Gasteiger partial charge in [-0.3, -0.25) is 9.59 Å². The molecule has 0 aliphatic heterocycles. The number of para-hydroxylation sites is 1. The molecule has 0 unspecified atom stereocenters. The van der Waals surface area contributed by atoms with Crippen LogP contribution in [0.3, 0.4) is 0 Å². The number of carbonyl (C=O) groups excluding carboxylic acids is 2. The molecule has 0 bridgehead atoms. The lowest BCUT2D eigenvalue weighted by atomic mass is 10.1. The minimum Gasteiger partial charge on any atom is -0.504 e. The van der Waals surface area contributed by atoms with E-state index in [1.54, 1.807) is 6.92 Å². The van der Waals surface area contributed by atoms with Crippen LogP contribution in [0.4, 0.5) is 0 Å². The van der Waals surface area contributed by atoms with Crippen molar-refractivity contribution in [3.8, 4) is 11.5 Å². The first kappa shape index (κ1) is 15.6. The molecule has 0 saturated heterocycles. The monoisotopic (exact) mass is 279 g/mol. The molecule has 0 saturated carbocycles. The predicted molar refractivity (Wildman–Crippen MR) is 72.5 cm³/mol. The molecule has 1 rings (SSSR count). The van der Waals surface area contributed by atoms with Crippen molar-refractivity contribution in [2.45, 2.75) is 6.92 Å². The van der Waals surface area contributed by atoms with Crippen molar-refractivity contribution in [3.63, 3.8) is 0 Å². The molecule has 6 heteroatoms. The van der Waals surface area contributed by atoms with Gasteiger partial charge in [-0.05, 0) is 19.1 Å². The predicted octanol–water partition coefficient (Wildman–Crippen LogP) is 1.29. The fourth-order valence-electron chi connectivity index (χ4n) is 1.61. The van der Waals surface area contributed by atoms with Gasteiger partial charge in [0.1, 0.15) is 6.54 Å². The summed E-state index contributed by atoms with van der Waals surface area (Å²) >= 11 is 0. The molecular formula is C14H17NO5. The van der Waals surface area contributed by atoms with Crippen LogP contribution in [0.2, 0.25) is 0 Å². The van der Waals surface area contributed by atoms with E-state index in [4.69, 9.17) is 4.74 Å². The van der Waals surface area contributed by atoms with Crippen LogP contribution in [0.25, 0.3) is 0 Å². The molecule has 20 heavy (non-hydrogen) atoms. The molecule has 1 aromatic carbocycles. The van der Waals surface area contributed by atoms with Crippen molar-refractivity contribution < 1.29 is 24.5 Å². The number of rotatable bonds is 6. The molecular weight excluding hydrogens is 262 g/mol. The molecule has 2 N–H and O–H groups in total. The first-order valence-corrected chi connectivity index (χ1v) is 6.08. The van der Waals surface area contributed by atoms with E-state index in [0.29, 0.717) is 0 Å². The highest BCUT2D eigenvalue weighted by molar-refractivity contribution is 5.99. The second kappa shape index (κ2) is 7.18. The van der Waals surface area contributed by atoms with Gasteiger partial charge in [0.15, 0.2) is 11.5 Å². The Kier molecular flexibility index (Phi) is 5.58. The lowest BCUT2D eigenvalue weighted by molar-refractivity contribution is -0.143. The number of hydrogen-bond acceptors (Lipinski definition) is 5. The van der Waals surface area contributed by atoms with Crippen LogP contribution in [0.1, 0.15) is 17.3 Å². The van der Waals surface area contributed by atoms with E-state index < -0.39 is 23.4 Å². The molecule has 0 heterocycles. The zero-order valence-corrected chi connectivity index (χ0v) is 11.2. The largest absolute Gasteiger partial charge is 0.504 e. The summed E-state index contributed by atoms with van der Waals surface area (Å²) in [6.45, 7) is 5.25. The molecule has 6 nitrogen and oxygen atoms in total. The molecule has 1 aromatic rings. The minimum absolute atomic E-state index is 0.0869. The van der Waals surface area contributed by atoms with Crippen LogP contribution >= 0.6 is 0 Å². The fourth-order valence-corrected chi connectivity index (χ4v) is 1.61. The molecule has 108 valence electrons. The number of phenols is 2. The van der Waals surface area contributed by atoms with Crippen molar-refractivity contribution in [1.82, 2.24) is 4.90 Å². The smallest absolute Gasteiger partial charge is 0.325 e. The zero-order chi connectivity index (χ0) is 15.1. The van der Waals surface area contributed by atoms with E-state index in [0.717, 1.165) is 0 Å². The standard InChI is InChI=1S/C14H17NO5/c1-3-8-15(9-12(17)20-4-2)14(19)10-6-5-7-11(16)13(10)18/h3,5-7,16,18H,1,4,8-9H2,2H3. The van der Waals surface area contributed by atoms with E-state index in [1.807, 2.05) is 0 Å². The first-order chi connectivity index (χ1) is 9.51. The van der Waals surface area contributed by atoms with Gasteiger partial charge in [-0.25, -0.2) is 0 Å². The van der Waals surface area contributed by atoms with Crippen LogP contribution < -0.4 is 0 Å². The maximum Gasteiger partial charge on any atom is 0.325 e. The molecule has 0 aromatic heterocycles. The Hall–Kier alpha value is -2.50. The number of aromatic hydroxyl groups is 2. The van der Waals surface area contributed by atoms with E-state index >= 15 is 0 Å². The van der Waals surface area contributed by atoms with Gasteiger partial charge in [0.2, 0.25) is 0 Å². The SMILES string of the molecule is C=CCN(CC(=O)OCC)C(=O)c1cccc(O)c1O. The van der Waals surface area contributed by atoms with Gasteiger partial charge >= 0.3 is 5.97 Å². The van der Waals surface area contributed by atoms with E-state index in [-0.39, 0.29) is 25.3 Å². The number of benzene rings is 1. The molecule has 0 fully saturated rings. The second-order valence-electron chi connectivity index (χ2n) is 3.95. The number of amides is 1. The summed E-state index contributed by atoms with van der Waals surface area (Å²) in [6, 6.07) is 4.05. The second-order valence-corrected chi connectivity index (χ2v) is 3.95. The lowest BCUT2D eigenvalue weighted by Gasteiger charge is -2.20. The summed E-state index contributed by atoms with van der Waals surface area (Å²) in [5.74, 6) is -2.06. The van der Waals surface area contributed by atoms with Crippen LogP contribution in [0.15, 0.2) is 30.9 Å². The highest BCUT2D eigenvalue weighted by atomic mass is 16.5. The quantitative estimate of drug-likeness (QED) is 0.465. The Morgan fingerprint density at radius 1 is 1.40 bits per heavy atom. The maximum absolute atomic E-state index is 12.2. The third kappa shape index (κ3) is 3.74. The number of esters is 1. The van der Waals surface area contributed by atoms with Crippen molar-refractivity contribution in [2.75, 3.05) is 19.7 Å². The first-order valence-electron chi connectivity index (χ1n) is 6.08. The summed E-state index contributed by atoms with van der Waals surface area (Å²) in [7, 11) is 0. The third-order valence-electron chi connectivity index (χ3n) is 2.51. The van der Waals surface area contributed by atoms with Crippen LogP contribution in [0.5, 0.6) is 11.5 Å². The Bertz CT molecular complexity index is 512. The molecule has 0 radical (unpaired) electrons. The number of carbonyl (C=O) groups is 2. The highest BCUT2D eigenvalue weighted by Gasteiger charge is 2.22. The molecule has 1 amide bonds. The number of nitrogens with zero attached hydrogens (tertiary/aromatic N) is 1. The van der Waals surface area contributed by atoms with Gasteiger partial charge in [-0.1, -0.05) is 12.1 Å². The van der Waals surface area contributed by atoms with Gasteiger partial charge < -0.3 is 19.8 Å². The summed E-state index contributed by atoms with van der Waals surface area (Å²) in [5.41, 5.74) is -0.0869. The fraction of sp³-hybridized carbons (Fsp3) is 0.286. The number of hydrogen-bond donors (Lipinski definition) is 2. The topological polar surface area (TPSA) is 87.1 Å². The molecule has 0 spiro atoms. The minimum atomic E-state index is -0.591. The number of ether oxygens (including phenoxy) is 1. The summed E-state index contributed by atoms with van der Waals surface area (Å²) in [4.78, 5) is 24.9. The van der Waals surface area contributed by atoms with Crippen molar-refractivity contribution >= 4 is 11.9 Å². The normalized spacial score (nSPS) is 9.85. The molecule has 0 atom stereocenters. The van der Waals surface area contributed by atoms with E-state index in [2.05, 4.69) is 6.58 Å². The van der Waals surface area contributed by atoms with E-state index in [1.165, 1.54) is 29.2 Å². The van der Waals surface area contributed by atoms with Crippen LogP contribution in [-0.2, 0) is 9.53 Å². The van der Waals surface area contributed by atoms with Crippen molar-refractivity contribution in [3.05, 3.63) is 36.4 Å². The summed E-state index contributed by atoms with van der Waals surface area (Å²) < 4.78 is 4.78. The van der Waals surface area contributed by atoms with Crippen molar-refractivity contribution in [1.29, 1.82) is 0 Å². The van der Waals surface area contributed by atoms with Crippen molar-refractivity contribution in [2.24, 2.45) is 0 Å². The molecule has 0 aliphatic carbocycles. The van der Waals surface area contributed by atoms with Gasteiger partial charge in [0.05, 0.1) is 12.2 Å². The average Bonchev–Trinajstić information content (AvgIpc) is 2.41. The average molecular weight is 279 g/mol. The Balaban J connectivity index is 2.96.